The maximum absolute atomic E-state index is 13.1. The normalized spacial score (nSPS) is 20.4. The summed E-state index contributed by atoms with van der Waals surface area (Å²) < 4.78 is 2.06. The number of aromatic nitrogens is 4. The molecule has 2 N–H and O–H groups in total. The molecular weight excluding hydrogens is 424 g/mol. The summed E-state index contributed by atoms with van der Waals surface area (Å²) in [5.74, 6) is 3.40. The lowest BCUT2D eigenvalue weighted by Crippen LogP contribution is -2.38. The molecule has 2 aliphatic rings. The molecule has 0 bridgehead atoms. The largest absolute Gasteiger partial charge is 0.383 e. The number of fused-ring (bicyclic) bond motifs is 1. The van der Waals surface area contributed by atoms with Crippen LogP contribution in [-0.4, -0.2) is 42.9 Å². The van der Waals surface area contributed by atoms with Gasteiger partial charge in [0.15, 0.2) is 0 Å². The van der Waals surface area contributed by atoms with Crippen LogP contribution in [0.4, 0.5) is 5.82 Å². The number of carbonyl (C=O) groups excluding carboxylic acids is 1. The van der Waals surface area contributed by atoms with Crippen LogP contribution < -0.4 is 5.73 Å². The van der Waals surface area contributed by atoms with Crippen molar-refractivity contribution in [3.63, 3.8) is 0 Å². The summed E-state index contributed by atoms with van der Waals surface area (Å²) in [6.45, 7) is 5.08. The van der Waals surface area contributed by atoms with E-state index in [9.17, 15) is 4.79 Å². The number of hydrogen-bond acceptors (Lipinski definition) is 5. The highest BCUT2D eigenvalue weighted by Gasteiger charge is 2.33. The number of likely N-dealkylation sites (tertiary alicyclic amines) is 1. The number of amides is 1. The van der Waals surface area contributed by atoms with E-state index >= 15 is 0 Å². The molecule has 3 aromatic heterocycles. The van der Waals surface area contributed by atoms with Crippen molar-refractivity contribution in [1.29, 1.82) is 0 Å². The molecule has 174 valence electrons. The number of pyridine rings is 1. The monoisotopic (exact) mass is 454 g/mol. The Morgan fingerprint density at radius 2 is 2.09 bits per heavy atom. The van der Waals surface area contributed by atoms with Crippen molar-refractivity contribution in [2.45, 2.75) is 52.0 Å². The minimum absolute atomic E-state index is 0.0367. The van der Waals surface area contributed by atoms with Gasteiger partial charge in [0.25, 0.3) is 0 Å². The SMILES string of the molecule is C#Cc1cc(C)c(-c2c(C3=CC[C@H](C(=O)N4CCC[C@H]4C)CC3)c3c(N)ncnc3n2C)cn1. The van der Waals surface area contributed by atoms with E-state index in [2.05, 4.69) is 43.3 Å². The van der Waals surface area contributed by atoms with Crippen LogP contribution in [-0.2, 0) is 11.8 Å². The molecule has 3 aromatic rings. The van der Waals surface area contributed by atoms with Gasteiger partial charge >= 0.3 is 0 Å². The lowest BCUT2D eigenvalue weighted by atomic mass is 9.84. The Morgan fingerprint density at radius 3 is 2.74 bits per heavy atom. The average molecular weight is 455 g/mol. The number of rotatable bonds is 3. The summed E-state index contributed by atoms with van der Waals surface area (Å²) >= 11 is 0. The van der Waals surface area contributed by atoms with E-state index in [0.717, 1.165) is 72.1 Å². The predicted molar refractivity (Wildman–Crippen MR) is 135 cm³/mol. The molecule has 0 spiro atoms. The Labute approximate surface area is 200 Å². The number of nitrogens with zero attached hydrogens (tertiary/aromatic N) is 5. The lowest BCUT2D eigenvalue weighted by Gasteiger charge is -2.29. The van der Waals surface area contributed by atoms with Crippen molar-refractivity contribution < 1.29 is 4.79 Å². The Bertz CT molecular complexity index is 1360. The molecule has 1 saturated heterocycles. The van der Waals surface area contributed by atoms with E-state index < -0.39 is 0 Å². The van der Waals surface area contributed by atoms with E-state index in [4.69, 9.17) is 12.2 Å². The smallest absolute Gasteiger partial charge is 0.226 e. The first-order valence-electron chi connectivity index (χ1n) is 11.9. The second-order valence-electron chi connectivity index (χ2n) is 9.49. The fourth-order valence-corrected chi connectivity index (χ4v) is 5.57. The Morgan fingerprint density at radius 1 is 1.26 bits per heavy atom. The number of allylic oxidation sites excluding steroid dienone is 2. The molecule has 5 rings (SSSR count). The van der Waals surface area contributed by atoms with Gasteiger partial charge in [-0.15, -0.1) is 6.42 Å². The van der Waals surface area contributed by atoms with E-state index in [1.54, 1.807) is 0 Å². The van der Waals surface area contributed by atoms with Gasteiger partial charge in [-0.05, 0) is 63.2 Å². The number of nitrogens with two attached hydrogens (primary N) is 1. The highest BCUT2D eigenvalue weighted by molar-refractivity contribution is 6.04. The molecule has 2 atom stereocenters. The molecule has 0 saturated carbocycles. The fourth-order valence-electron chi connectivity index (χ4n) is 5.57. The van der Waals surface area contributed by atoms with Gasteiger partial charge in [0.2, 0.25) is 5.91 Å². The molecule has 1 aliphatic carbocycles. The first-order valence-corrected chi connectivity index (χ1v) is 11.9. The lowest BCUT2D eigenvalue weighted by molar-refractivity contribution is -0.136. The van der Waals surface area contributed by atoms with Crippen LogP contribution in [0.1, 0.15) is 55.8 Å². The zero-order chi connectivity index (χ0) is 24.0. The molecule has 0 aromatic carbocycles. The predicted octanol–water partition coefficient (Wildman–Crippen LogP) is 4.10. The molecule has 1 fully saturated rings. The zero-order valence-corrected chi connectivity index (χ0v) is 20.0. The Hall–Kier alpha value is -3.66. The van der Waals surface area contributed by atoms with Crippen molar-refractivity contribution in [3.8, 4) is 23.6 Å². The Balaban J connectivity index is 1.60. The minimum Gasteiger partial charge on any atom is -0.383 e. The van der Waals surface area contributed by atoms with Crippen LogP contribution in [0.25, 0.3) is 27.9 Å². The van der Waals surface area contributed by atoms with Crippen molar-refractivity contribution in [1.82, 2.24) is 24.4 Å². The summed E-state index contributed by atoms with van der Waals surface area (Å²) in [5.41, 5.74) is 13.0. The van der Waals surface area contributed by atoms with Gasteiger partial charge in [-0.1, -0.05) is 12.0 Å². The molecule has 7 nitrogen and oxygen atoms in total. The second kappa shape index (κ2) is 8.60. The van der Waals surface area contributed by atoms with Gasteiger partial charge < -0.3 is 15.2 Å². The Kier molecular flexibility index (Phi) is 5.60. The second-order valence-corrected chi connectivity index (χ2v) is 9.49. The first-order chi connectivity index (χ1) is 16.4. The third-order valence-electron chi connectivity index (χ3n) is 7.43. The number of terminal acetylenes is 1. The van der Waals surface area contributed by atoms with Crippen LogP contribution in [0.5, 0.6) is 0 Å². The van der Waals surface area contributed by atoms with E-state index in [-0.39, 0.29) is 5.92 Å². The number of anilines is 1. The molecular formula is C27H30N6O. The van der Waals surface area contributed by atoms with Crippen LogP contribution in [0.2, 0.25) is 0 Å². The number of aryl methyl sites for hydroxylation is 2. The third-order valence-corrected chi connectivity index (χ3v) is 7.43. The van der Waals surface area contributed by atoms with Crippen LogP contribution in [0, 0.1) is 25.2 Å². The maximum atomic E-state index is 13.1. The molecule has 1 aliphatic heterocycles. The number of carbonyl (C=O) groups is 1. The van der Waals surface area contributed by atoms with Crippen molar-refractivity contribution in [3.05, 3.63) is 41.5 Å². The summed E-state index contributed by atoms with van der Waals surface area (Å²) in [6.07, 6.45) is 15.7. The topological polar surface area (TPSA) is 89.9 Å². The summed E-state index contributed by atoms with van der Waals surface area (Å²) in [4.78, 5) is 28.5. The third kappa shape index (κ3) is 3.54. The van der Waals surface area contributed by atoms with Gasteiger partial charge in [0.1, 0.15) is 23.5 Å². The zero-order valence-electron chi connectivity index (χ0n) is 20.0. The van der Waals surface area contributed by atoms with Gasteiger partial charge in [-0.3, -0.25) is 4.79 Å². The highest BCUT2D eigenvalue weighted by Crippen LogP contribution is 2.43. The van der Waals surface area contributed by atoms with E-state index in [1.165, 1.54) is 11.9 Å². The van der Waals surface area contributed by atoms with Crippen molar-refractivity contribution in [2.24, 2.45) is 13.0 Å². The molecule has 0 radical (unpaired) electrons. The van der Waals surface area contributed by atoms with Crippen molar-refractivity contribution in [2.75, 3.05) is 12.3 Å². The number of nitrogen functional groups attached to an aromatic ring is 1. The number of hydrogen-bond donors (Lipinski definition) is 1. The standard InChI is InChI=1S/C27H30N6O/c1-5-20-13-16(2)21(14-29-20)24-22(23-25(28)30-15-31-26(23)32(24)4)18-8-10-19(11-9-18)27(34)33-12-6-7-17(33)3/h1,8,13-15,17,19H,6-7,9-12H2,2-4H3,(H2,28,30,31)/t17-,19+/m1/s1. The molecule has 7 heteroatoms. The van der Waals surface area contributed by atoms with Crippen molar-refractivity contribution >= 4 is 28.3 Å². The maximum Gasteiger partial charge on any atom is 0.226 e. The summed E-state index contributed by atoms with van der Waals surface area (Å²) in [5, 5.41) is 0.851. The quantitative estimate of drug-likeness (QED) is 0.602. The van der Waals surface area contributed by atoms with E-state index in [1.807, 2.05) is 26.2 Å². The van der Waals surface area contributed by atoms with Crippen LogP contribution in [0.15, 0.2) is 24.7 Å². The van der Waals surface area contributed by atoms with Crippen LogP contribution in [0.3, 0.4) is 0 Å². The molecule has 34 heavy (non-hydrogen) atoms. The van der Waals surface area contributed by atoms with Gasteiger partial charge in [-0.2, -0.15) is 0 Å². The molecule has 4 heterocycles. The fraction of sp³-hybridized carbons (Fsp3) is 0.407. The summed E-state index contributed by atoms with van der Waals surface area (Å²) in [6, 6.07) is 2.27. The summed E-state index contributed by atoms with van der Waals surface area (Å²) in [7, 11) is 1.99. The van der Waals surface area contributed by atoms with Crippen LogP contribution >= 0.6 is 0 Å². The average Bonchev–Trinajstić information content (AvgIpc) is 3.40. The first kappa shape index (κ1) is 22.1. The van der Waals surface area contributed by atoms with Gasteiger partial charge in [0, 0.05) is 42.9 Å². The molecule has 0 unspecified atom stereocenters. The molecule has 1 amide bonds. The van der Waals surface area contributed by atoms with E-state index in [0.29, 0.717) is 23.5 Å². The highest BCUT2D eigenvalue weighted by atomic mass is 16.2. The van der Waals surface area contributed by atoms with Gasteiger partial charge in [-0.25, -0.2) is 15.0 Å². The van der Waals surface area contributed by atoms with Gasteiger partial charge in [0.05, 0.1) is 11.1 Å². The minimum atomic E-state index is 0.0367.